The van der Waals surface area contributed by atoms with Crippen molar-refractivity contribution in [2.24, 2.45) is 0 Å². The molecule has 5 nitrogen and oxygen atoms in total. The number of carbonyl (C=O) groups is 1. The van der Waals surface area contributed by atoms with Gasteiger partial charge in [-0.25, -0.2) is 4.79 Å². The maximum Gasteiger partial charge on any atom is 0.341 e. The van der Waals surface area contributed by atoms with Gasteiger partial charge in [-0.2, -0.15) is 0 Å². The van der Waals surface area contributed by atoms with Gasteiger partial charge in [-0.3, -0.25) is 4.98 Å². The van der Waals surface area contributed by atoms with Crippen LogP contribution in [0.1, 0.15) is 30.1 Å². The van der Waals surface area contributed by atoms with Crippen molar-refractivity contribution < 1.29 is 9.53 Å². The summed E-state index contributed by atoms with van der Waals surface area (Å²) in [5, 5.41) is 0. The van der Waals surface area contributed by atoms with E-state index in [1.165, 1.54) is 6.42 Å². The van der Waals surface area contributed by atoms with Crippen LogP contribution in [0, 0.1) is 0 Å². The van der Waals surface area contributed by atoms with E-state index in [1.807, 2.05) is 13.0 Å². The van der Waals surface area contributed by atoms with Gasteiger partial charge in [0.15, 0.2) is 0 Å². The Labute approximate surface area is 120 Å². The Morgan fingerprint density at radius 3 is 3.05 bits per heavy atom. The normalized spacial score (nSPS) is 19.2. The fourth-order valence-corrected chi connectivity index (χ4v) is 2.62. The monoisotopic (exact) mass is 277 g/mol. The molecule has 0 aliphatic carbocycles. The third-order valence-electron chi connectivity index (χ3n) is 3.76. The first-order valence-corrected chi connectivity index (χ1v) is 7.16. The van der Waals surface area contributed by atoms with Gasteiger partial charge in [0, 0.05) is 31.5 Å². The van der Waals surface area contributed by atoms with Crippen molar-refractivity contribution in [1.29, 1.82) is 0 Å². The van der Waals surface area contributed by atoms with E-state index in [0.717, 1.165) is 25.2 Å². The van der Waals surface area contributed by atoms with E-state index >= 15 is 0 Å². The number of ether oxygens (including phenoxy) is 1. The van der Waals surface area contributed by atoms with Crippen molar-refractivity contribution in [1.82, 2.24) is 9.88 Å². The summed E-state index contributed by atoms with van der Waals surface area (Å²) in [4.78, 5) is 20.6. The molecule has 2 rings (SSSR count). The Kier molecular flexibility index (Phi) is 4.95. The molecule has 1 aliphatic heterocycles. The first-order valence-electron chi connectivity index (χ1n) is 7.16. The minimum Gasteiger partial charge on any atom is -0.462 e. The molecular formula is C15H23N3O2. The lowest BCUT2D eigenvalue weighted by molar-refractivity contribution is 0.0526. The van der Waals surface area contributed by atoms with Crippen LogP contribution in [0.5, 0.6) is 0 Å². The van der Waals surface area contributed by atoms with Crippen LogP contribution in [-0.2, 0) is 4.74 Å². The average Bonchev–Trinajstić information content (AvgIpc) is 2.47. The number of anilines is 1. The van der Waals surface area contributed by atoms with Gasteiger partial charge >= 0.3 is 5.97 Å². The fraction of sp³-hybridized carbons (Fsp3) is 0.600. The molecule has 0 spiro atoms. The van der Waals surface area contributed by atoms with E-state index in [9.17, 15) is 4.79 Å². The average molecular weight is 277 g/mol. The second-order valence-corrected chi connectivity index (χ2v) is 5.32. The second kappa shape index (κ2) is 6.70. The van der Waals surface area contributed by atoms with Gasteiger partial charge in [-0.1, -0.05) is 0 Å². The third-order valence-corrected chi connectivity index (χ3v) is 3.76. The number of carbonyl (C=O) groups excluding carboxylic acids is 1. The summed E-state index contributed by atoms with van der Waals surface area (Å²) < 4.78 is 5.12. The van der Waals surface area contributed by atoms with Gasteiger partial charge in [0.05, 0.1) is 12.3 Å². The van der Waals surface area contributed by atoms with Gasteiger partial charge in [0.25, 0.3) is 0 Å². The molecule has 0 N–H and O–H groups in total. The van der Waals surface area contributed by atoms with Crippen molar-refractivity contribution in [2.45, 2.75) is 25.8 Å². The molecule has 5 heteroatoms. The number of pyridine rings is 1. The number of aromatic nitrogens is 1. The SMILES string of the molecule is CCOC(=O)c1cnccc1N1CCCC(N(C)C)C1. The van der Waals surface area contributed by atoms with E-state index in [1.54, 1.807) is 12.4 Å². The standard InChI is InChI=1S/C15H23N3O2/c1-4-20-15(19)13-10-16-8-7-14(13)18-9-5-6-12(11-18)17(2)3/h7-8,10,12H,4-6,9,11H2,1-3H3. The summed E-state index contributed by atoms with van der Waals surface area (Å²) in [7, 11) is 4.21. The van der Waals surface area contributed by atoms with E-state index in [2.05, 4.69) is 28.9 Å². The van der Waals surface area contributed by atoms with Gasteiger partial charge < -0.3 is 14.5 Å². The molecule has 1 fully saturated rings. The Hall–Kier alpha value is -1.62. The van der Waals surface area contributed by atoms with Crippen molar-refractivity contribution in [2.75, 3.05) is 38.7 Å². The first-order chi connectivity index (χ1) is 9.63. The van der Waals surface area contributed by atoms with Crippen LogP contribution in [-0.4, -0.2) is 55.7 Å². The fourth-order valence-electron chi connectivity index (χ4n) is 2.62. The summed E-state index contributed by atoms with van der Waals surface area (Å²) in [6.07, 6.45) is 5.67. The predicted octanol–water partition coefficient (Wildman–Crippen LogP) is 1.79. The quantitative estimate of drug-likeness (QED) is 0.785. The van der Waals surface area contributed by atoms with E-state index in [4.69, 9.17) is 4.74 Å². The molecule has 1 saturated heterocycles. The molecule has 0 saturated carbocycles. The molecule has 110 valence electrons. The lowest BCUT2D eigenvalue weighted by atomic mass is 10.0. The van der Waals surface area contributed by atoms with Gasteiger partial charge in [0.1, 0.15) is 5.56 Å². The molecule has 2 heterocycles. The number of nitrogens with zero attached hydrogens (tertiary/aromatic N) is 3. The van der Waals surface area contributed by atoms with E-state index in [0.29, 0.717) is 18.2 Å². The smallest absolute Gasteiger partial charge is 0.341 e. The molecule has 1 aromatic heterocycles. The van der Waals surface area contributed by atoms with Crippen LogP contribution >= 0.6 is 0 Å². The molecule has 0 radical (unpaired) electrons. The third kappa shape index (κ3) is 3.28. The number of likely N-dealkylation sites (N-methyl/N-ethyl adjacent to an activating group) is 1. The van der Waals surface area contributed by atoms with E-state index in [-0.39, 0.29) is 5.97 Å². The Bertz CT molecular complexity index is 462. The number of hydrogen-bond donors (Lipinski definition) is 0. The van der Waals surface area contributed by atoms with E-state index < -0.39 is 0 Å². The Balaban J connectivity index is 2.21. The summed E-state index contributed by atoms with van der Waals surface area (Å²) >= 11 is 0. The highest BCUT2D eigenvalue weighted by molar-refractivity contribution is 5.95. The summed E-state index contributed by atoms with van der Waals surface area (Å²) in [5.41, 5.74) is 1.50. The molecular weight excluding hydrogens is 254 g/mol. The maximum atomic E-state index is 12.0. The number of piperidine rings is 1. The molecule has 1 atom stereocenters. The van der Waals surface area contributed by atoms with Crippen LogP contribution in [0.25, 0.3) is 0 Å². The number of rotatable bonds is 4. The first kappa shape index (κ1) is 14.8. The highest BCUT2D eigenvalue weighted by Crippen LogP contribution is 2.25. The van der Waals surface area contributed by atoms with Crippen LogP contribution in [0.15, 0.2) is 18.5 Å². The van der Waals surface area contributed by atoms with Crippen molar-refractivity contribution in [3.8, 4) is 0 Å². The Morgan fingerprint density at radius 2 is 2.35 bits per heavy atom. The predicted molar refractivity (Wildman–Crippen MR) is 79.1 cm³/mol. The van der Waals surface area contributed by atoms with Gasteiger partial charge in [0.2, 0.25) is 0 Å². The van der Waals surface area contributed by atoms with Crippen LogP contribution < -0.4 is 4.90 Å². The number of hydrogen-bond acceptors (Lipinski definition) is 5. The van der Waals surface area contributed by atoms with Crippen LogP contribution in [0.4, 0.5) is 5.69 Å². The zero-order valence-corrected chi connectivity index (χ0v) is 12.5. The zero-order chi connectivity index (χ0) is 14.5. The van der Waals surface area contributed by atoms with Gasteiger partial charge in [-0.05, 0) is 39.9 Å². The summed E-state index contributed by atoms with van der Waals surface area (Å²) in [5.74, 6) is -0.289. The molecule has 1 aliphatic rings. The molecule has 0 aromatic carbocycles. The minimum absolute atomic E-state index is 0.289. The second-order valence-electron chi connectivity index (χ2n) is 5.32. The molecule has 0 bridgehead atoms. The maximum absolute atomic E-state index is 12.0. The lowest BCUT2D eigenvalue weighted by Gasteiger charge is -2.38. The minimum atomic E-state index is -0.289. The lowest BCUT2D eigenvalue weighted by Crippen LogP contribution is -2.45. The molecule has 0 amide bonds. The highest BCUT2D eigenvalue weighted by Gasteiger charge is 2.25. The van der Waals surface area contributed by atoms with Crippen molar-refractivity contribution >= 4 is 11.7 Å². The number of esters is 1. The summed E-state index contributed by atoms with van der Waals surface area (Å²) in [6.45, 7) is 4.11. The largest absolute Gasteiger partial charge is 0.462 e. The van der Waals surface area contributed by atoms with Gasteiger partial charge in [-0.15, -0.1) is 0 Å². The highest BCUT2D eigenvalue weighted by atomic mass is 16.5. The molecule has 1 aromatic rings. The van der Waals surface area contributed by atoms with Crippen molar-refractivity contribution in [3.05, 3.63) is 24.0 Å². The van der Waals surface area contributed by atoms with Crippen molar-refractivity contribution in [3.63, 3.8) is 0 Å². The topological polar surface area (TPSA) is 45.7 Å². The summed E-state index contributed by atoms with van der Waals surface area (Å²) in [6, 6.07) is 2.43. The molecule has 1 unspecified atom stereocenters. The zero-order valence-electron chi connectivity index (χ0n) is 12.5. The molecule has 20 heavy (non-hydrogen) atoms. The Morgan fingerprint density at radius 1 is 1.55 bits per heavy atom. The van der Waals surface area contributed by atoms with Crippen LogP contribution in [0.2, 0.25) is 0 Å². The van der Waals surface area contributed by atoms with Crippen LogP contribution in [0.3, 0.4) is 0 Å².